The molecular weight excluding hydrogens is 394 g/mol. The van der Waals surface area contributed by atoms with E-state index in [-0.39, 0.29) is 29.9 Å². The van der Waals surface area contributed by atoms with Gasteiger partial charge < -0.3 is 5.32 Å². The van der Waals surface area contributed by atoms with Crippen LogP contribution in [0.3, 0.4) is 0 Å². The Bertz CT molecular complexity index is 1020. The molecule has 0 saturated carbocycles. The fourth-order valence-electron chi connectivity index (χ4n) is 2.84. The molecule has 1 aliphatic heterocycles. The van der Waals surface area contributed by atoms with E-state index in [2.05, 4.69) is 5.32 Å². The van der Waals surface area contributed by atoms with E-state index < -0.39 is 22.0 Å². The molecule has 0 aliphatic carbocycles. The minimum absolute atomic E-state index is 0.0104. The van der Waals surface area contributed by atoms with Gasteiger partial charge in [-0.05, 0) is 36.4 Å². The van der Waals surface area contributed by atoms with Crippen molar-refractivity contribution in [1.82, 2.24) is 10.2 Å². The van der Waals surface area contributed by atoms with Gasteiger partial charge in [0.15, 0.2) is 0 Å². The summed E-state index contributed by atoms with van der Waals surface area (Å²) in [5, 5.41) is 13.2. The molecular formula is C20H17N3O5S. The first-order valence-corrected chi connectivity index (χ1v) is 9.52. The summed E-state index contributed by atoms with van der Waals surface area (Å²) in [6.45, 7) is 1.55. The predicted octanol–water partition coefficient (Wildman–Crippen LogP) is 3.37. The third-order valence-electron chi connectivity index (χ3n) is 4.34. The van der Waals surface area contributed by atoms with Gasteiger partial charge in [-0.25, -0.2) is 0 Å². The molecule has 0 unspecified atom stereocenters. The van der Waals surface area contributed by atoms with E-state index in [1.165, 1.54) is 25.1 Å². The van der Waals surface area contributed by atoms with Crippen molar-refractivity contribution in [3.05, 3.63) is 80.2 Å². The highest BCUT2D eigenvalue weighted by atomic mass is 32.2. The van der Waals surface area contributed by atoms with Crippen molar-refractivity contribution >= 4 is 40.6 Å². The van der Waals surface area contributed by atoms with Crippen LogP contribution in [0.4, 0.5) is 10.5 Å². The van der Waals surface area contributed by atoms with Gasteiger partial charge in [0, 0.05) is 30.3 Å². The summed E-state index contributed by atoms with van der Waals surface area (Å²) >= 11 is 0.850. The van der Waals surface area contributed by atoms with Gasteiger partial charge in [0.1, 0.15) is 0 Å². The molecule has 0 bridgehead atoms. The second kappa shape index (κ2) is 8.70. The third kappa shape index (κ3) is 4.52. The van der Waals surface area contributed by atoms with E-state index in [1.807, 2.05) is 30.3 Å². The molecule has 0 atom stereocenters. The number of nitro benzene ring substituents is 1. The van der Waals surface area contributed by atoms with E-state index in [4.69, 9.17) is 0 Å². The minimum Gasteiger partial charge on any atom is -0.350 e. The minimum atomic E-state index is -0.550. The Labute approximate surface area is 170 Å². The highest BCUT2D eigenvalue weighted by Gasteiger charge is 2.34. The Hall–Kier alpha value is -3.46. The molecule has 0 spiro atoms. The number of nitrogens with zero attached hydrogens (tertiary/aromatic N) is 2. The number of benzene rings is 2. The van der Waals surface area contributed by atoms with Crippen molar-refractivity contribution in [2.24, 2.45) is 0 Å². The predicted molar refractivity (Wildman–Crippen MR) is 109 cm³/mol. The van der Waals surface area contributed by atoms with Gasteiger partial charge in [-0.2, -0.15) is 0 Å². The van der Waals surface area contributed by atoms with Gasteiger partial charge in [0.2, 0.25) is 0 Å². The van der Waals surface area contributed by atoms with Crippen molar-refractivity contribution in [3.8, 4) is 0 Å². The molecule has 2 aromatic rings. The van der Waals surface area contributed by atoms with Crippen LogP contribution >= 0.6 is 11.8 Å². The van der Waals surface area contributed by atoms with Crippen molar-refractivity contribution in [1.29, 1.82) is 0 Å². The third-order valence-corrected chi connectivity index (χ3v) is 5.25. The number of hydrogen-bond acceptors (Lipinski definition) is 6. The van der Waals surface area contributed by atoms with Crippen LogP contribution in [0.1, 0.15) is 21.5 Å². The second-order valence-electron chi connectivity index (χ2n) is 6.21. The quantitative estimate of drug-likeness (QED) is 0.443. The smallest absolute Gasteiger partial charge is 0.293 e. The van der Waals surface area contributed by atoms with Gasteiger partial charge in [-0.3, -0.25) is 29.4 Å². The molecule has 1 aliphatic rings. The SMILES string of the molecule is Cc1c(C(=O)NCCN2C(=O)SC(=Cc3ccccc3)C2=O)cccc1[N+](=O)[O-]. The van der Waals surface area contributed by atoms with Gasteiger partial charge in [-0.1, -0.05) is 36.4 Å². The average Bonchev–Trinajstić information content (AvgIpc) is 2.96. The maximum Gasteiger partial charge on any atom is 0.293 e. The first kappa shape index (κ1) is 20.3. The topological polar surface area (TPSA) is 110 Å². The normalized spacial score (nSPS) is 15.1. The maximum atomic E-state index is 12.5. The Morgan fingerprint density at radius 1 is 1.17 bits per heavy atom. The van der Waals surface area contributed by atoms with Crippen LogP contribution in [0.25, 0.3) is 6.08 Å². The van der Waals surface area contributed by atoms with Gasteiger partial charge in [0.25, 0.3) is 22.7 Å². The summed E-state index contributed by atoms with van der Waals surface area (Å²) in [4.78, 5) is 48.8. The van der Waals surface area contributed by atoms with Crippen molar-refractivity contribution in [2.45, 2.75) is 6.92 Å². The molecule has 2 aromatic carbocycles. The van der Waals surface area contributed by atoms with E-state index in [9.17, 15) is 24.5 Å². The van der Waals surface area contributed by atoms with Crippen LogP contribution in [0.2, 0.25) is 0 Å². The lowest BCUT2D eigenvalue weighted by Crippen LogP contribution is -2.37. The van der Waals surface area contributed by atoms with Gasteiger partial charge >= 0.3 is 0 Å². The fraction of sp³-hybridized carbons (Fsp3) is 0.150. The Kier molecular flexibility index (Phi) is 6.08. The highest BCUT2D eigenvalue weighted by molar-refractivity contribution is 8.18. The number of amides is 3. The number of imide groups is 1. The molecule has 0 aromatic heterocycles. The second-order valence-corrected chi connectivity index (χ2v) is 7.20. The number of thioether (sulfide) groups is 1. The largest absolute Gasteiger partial charge is 0.350 e. The molecule has 1 saturated heterocycles. The van der Waals surface area contributed by atoms with Gasteiger partial charge in [0.05, 0.1) is 9.83 Å². The zero-order valence-electron chi connectivity index (χ0n) is 15.5. The van der Waals surface area contributed by atoms with E-state index in [0.29, 0.717) is 4.91 Å². The van der Waals surface area contributed by atoms with E-state index in [1.54, 1.807) is 6.08 Å². The van der Waals surface area contributed by atoms with Crippen LogP contribution in [0.15, 0.2) is 53.4 Å². The summed E-state index contributed by atoms with van der Waals surface area (Å²) in [6, 6.07) is 13.4. The first-order valence-electron chi connectivity index (χ1n) is 8.71. The summed E-state index contributed by atoms with van der Waals surface area (Å²) in [7, 11) is 0. The molecule has 148 valence electrons. The number of hydrogen-bond donors (Lipinski definition) is 1. The molecule has 3 amide bonds. The van der Waals surface area contributed by atoms with Crippen molar-refractivity contribution in [2.75, 3.05) is 13.1 Å². The first-order chi connectivity index (χ1) is 13.9. The molecule has 1 N–H and O–H groups in total. The average molecular weight is 411 g/mol. The summed E-state index contributed by atoms with van der Waals surface area (Å²) in [5.41, 5.74) is 1.10. The van der Waals surface area contributed by atoms with Gasteiger partial charge in [-0.15, -0.1) is 0 Å². The number of carbonyl (C=O) groups excluding carboxylic acids is 3. The number of rotatable bonds is 6. The molecule has 1 fully saturated rings. The lowest BCUT2D eigenvalue weighted by Gasteiger charge is -2.13. The van der Waals surface area contributed by atoms with Crippen LogP contribution in [0.5, 0.6) is 0 Å². The Morgan fingerprint density at radius 3 is 2.59 bits per heavy atom. The summed E-state index contributed by atoms with van der Waals surface area (Å²) < 4.78 is 0. The maximum absolute atomic E-state index is 12.5. The lowest BCUT2D eigenvalue weighted by molar-refractivity contribution is -0.385. The Morgan fingerprint density at radius 2 is 1.90 bits per heavy atom. The Balaban J connectivity index is 1.62. The standard InChI is InChI=1S/C20H17N3O5S/c1-13-15(8-5-9-16(13)23(27)28)18(24)21-10-11-22-19(25)17(29-20(22)26)12-14-6-3-2-4-7-14/h2-9,12H,10-11H2,1H3,(H,21,24). The molecule has 29 heavy (non-hydrogen) atoms. The van der Waals surface area contributed by atoms with Crippen LogP contribution in [-0.4, -0.2) is 40.0 Å². The molecule has 8 nitrogen and oxygen atoms in total. The monoisotopic (exact) mass is 411 g/mol. The molecule has 0 radical (unpaired) electrons. The van der Waals surface area contributed by atoms with Crippen LogP contribution in [-0.2, 0) is 4.79 Å². The van der Waals surface area contributed by atoms with E-state index in [0.717, 1.165) is 22.2 Å². The summed E-state index contributed by atoms with van der Waals surface area (Å²) in [6.07, 6.45) is 1.65. The molecule has 3 rings (SSSR count). The zero-order valence-corrected chi connectivity index (χ0v) is 16.3. The summed E-state index contributed by atoms with van der Waals surface area (Å²) in [5.74, 6) is -0.914. The molecule has 1 heterocycles. The zero-order chi connectivity index (χ0) is 21.0. The number of nitro groups is 1. The van der Waals surface area contributed by atoms with Crippen molar-refractivity contribution < 1.29 is 19.3 Å². The molecule has 9 heteroatoms. The van der Waals surface area contributed by atoms with E-state index >= 15 is 0 Å². The fourth-order valence-corrected chi connectivity index (χ4v) is 3.70. The van der Waals surface area contributed by atoms with Crippen molar-refractivity contribution in [3.63, 3.8) is 0 Å². The highest BCUT2D eigenvalue weighted by Crippen LogP contribution is 2.31. The van der Waals surface area contributed by atoms with Crippen LogP contribution in [0, 0.1) is 17.0 Å². The van der Waals surface area contributed by atoms with Crippen LogP contribution < -0.4 is 5.32 Å². The lowest BCUT2D eigenvalue weighted by atomic mass is 10.1. The number of carbonyl (C=O) groups is 3. The number of nitrogens with one attached hydrogen (secondary N) is 1.